The van der Waals surface area contributed by atoms with Crippen molar-refractivity contribution in [2.75, 3.05) is 11.9 Å². The summed E-state index contributed by atoms with van der Waals surface area (Å²) >= 11 is 0. The van der Waals surface area contributed by atoms with Gasteiger partial charge in [-0.05, 0) is 36.8 Å². The van der Waals surface area contributed by atoms with Crippen molar-refractivity contribution in [3.8, 4) is 11.8 Å². The highest BCUT2D eigenvalue weighted by Crippen LogP contribution is 2.17. The third-order valence-electron chi connectivity index (χ3n) is 2.78. The van der Waals surface area contributed by atoms with Crippen molar-refractivity contribution in [3.63, 3.8) is 0 Å². The van der Waals surface area contributed by atoms with Crippen LogP contribution in [0.5, 0.6) is 0 Å². The van der Waals surface area contributed by atoms with E-state index < -0.39 is 11.7 Å². The highest BCUT2D eigenvalue weighted by Gasteiger charge is 2.09. The van der Waals surface area contributed by atoms with Gasteiger partial charge < -0.3 is 11.1 Å². The van der Waals surface area contributed by atoms with Crippen molar-refractivity contribution in [3.05, 3.63) is 59.2 Å². The first-order valence-electron chi connectivity index (χ1n) is 6.32. The number of rotatable bonds is 2. The molecule has 21 heavy (non-hydrogen) atoms. The number of aromatic nitrogens is 1. The molecule has 1 aromatic carbocycles. The lowest BCUT2D eigenvalue weighted by atomic mass is 10.1. The van der Waals surface area contributed by atoms with Gasteiger partial charge in [-0.25, -0.2) is 9.37 Å². The van der Waals surface area contributed by atoms with Gasteiger partial charge in [0.25, 0.3) is 5.91 Å². The molecule has 0 unspecified atom stereocenters. The molecule has 2 aromatic rings. The second-order valence-electron chi connectivity index (χ2n) is 4.35. The number of anilines is 1. The molecular formula is C16H14FN3O. The van der Waals surface area contributed by atoms with Gasteiger partial charge in [0.15, 0.2) is 0 Å². The molecule has 3 N–H and O–H groups in total. The summed E-state index contributed by atoms with van der Waals surface area (Å²) in [7, 11) is 0. The molecule has 1 amide bonds. The van der Waals surface area contributed by atoms with Crippen LogP contribution in [0.4, 0.5) is 10.1 Å². The first-order chi connectivity index (χ1) is 10.1. The molecule has 1 aromatic heterocycles. The molecule has 0 saturated heterocycles. The van der Waals surface area contributed by atoms with E-state index in [0.717, 1.165) is 17.3 Å². The number of pyridine rings is 1. The minimum atomic E-state index is -0.484. The lowest BCUT2D eigenvalue weighted by molar-refractivity contribution is 0.102. The SMILES string of the molecule is Cc1ccc(C#CCN)cc1NC(=O)c1ccc(F)cn1. The molecule has 0 aliphatic carbocycles. The highest BCUT2D eigenvalue weighted by atomic mass is 19.1. The topological polar surface area (TPSA) is 68.0 Å². The van der Waals surface area contributed by atoms with Crippen molar-refractivity contribution in [1.82, 2.24) is 4.98 Å². The number of hydrogen-bond acceptors (Lipinski definition) is 3. The third-order valence-corrected chi connectivity index (χ3v) is 2.78. The van der Waals surface area contributed by atoms with Crippen LogP contribution in [0.15, 0.2) is 36.5 Å². The Morgan fingerprint density at radius 1 is 1.38 bits per heavy atom. The molecule has 5 heteroatoms. The van der Waals surface area contributed by atoms with Gasteiger partial charge in [0.1, 0.15) is 11.5 Å². The molecule has 4 nitrogen and oxygen atoms in total. The first kappa shape index (κ1) is 14.7. The molecule has 0 aliphatic heterocycles. The summed E-state index contributed by atoms with van der Waals surface area (Å²) in [5.41, 5.74) is 7.76. The van der Waals surface area contributed by atoms with E-state index in [-0.39, 0.29) is 12.2 Å². The van der Waals surface area contributed by atoms with Crippen LogP contribution in [0.1, 0.15) is 21.6 Å². The van der Waals surface area contributed by atoms with E-state index in [1.165, 1.54) is 12.1 Å². The minimum absolute atomic E-state index is 0.147. The summed E-state index contributed by atoms with van der Waals surface area (Å²) in [6.07, 6.45) is 1.00. The monoisotopic (exact) mass is 283 g/mol. The van der Waals surface area contributed by atoms with Gasteiger partial charge in [-0.2, -0.15) is 0 Å². The van der Waals surface area contributed by atoms with Gasteiger partial charge in [-0.15, -0.1) is 0 Å². The molecule has 0 fully saturated rings. The molecule has 2 rings (SSSR count). The van der Waals surface area contributed by atoms with Crippen LogP contribution in [-0.4, -0.2) is 17.4 Å². The maximum absolute atomic E-state index is 12.8. The van der Waals surface area contributed by atoms with Crippen LogP contribution >= 0.6 is 0 Å². The molecule has 106 valence electrons. The molecule has 0 saturated carbocycles. The van der Waals surface area contributed by atoms with Crippen LogP contribution < -0.4 is 11.1 Å². The Morgan fingerprint density at radius 3 is 2.86 bits per heavy atom. The van der Waals surface area contributed by atoms with Crippen LogP contribution in [0.3, 0.4) is 0 Å². The van der Waals surface area contributed by atoms with Crippen LogP contribution in [0.25, 0.3) is 0 Å². The Labute approximate surface area is 122 Å². The Kier molecular flexibility index (Phi) is 4.64. The lowest BCUT2D eigenvalue weighted by Crippen LogP contribution is -2.14. The average molecular weight is 283 g/mol. The van der Waals surface area contributed by atoms with Gasteiger partial charge in [-0.1, -0.05) is 17.9 Å². The lowest BCUT2D eigenvalue weighted by Gasteiger charge is -2.08. The maximum Gasteiger partial charge on any atom is 0.274 e. The van der Waals surface area contributed by atoms with E-state index in [1.807, 2.05) is 19.1 Å². The minimum Gasteiger partial charge on any atom is -0.320 e. The number of nitrogens with one attached hydrogen (secondary N) is 1. The molecule has 0 bridgehead atoms. The largest absolute Gasteiger partial charge is 0.320 e. The Hall–Kier alpha value is -2.71. The molecule has 0 atom stereocenters. The summed E-state index contributed by atoms with van der Waals surface area (Å²) in [6.45, 7) is 2.14. The van der Waals surface area contributed by atoms with Gasteiger partial charge in [0.05, 0.1) is 12.7 Å². The predicted octanol–water partition coefficient (Wildman–Crippen LogP) is 2.09. The third kappa shape index (κ3) is 3.88. The molecule has 0 spiro atoms. The van der Waals surface area contributed by atoms with Crippen molar-refractivity contribution < 1.29 is 9.18 Å². The van der Waals surface area contributed by atoms with Gasteiger partial charge in [0, 0.05) is 11.3 Å². The maximum atomic E-state index is 12.8. The number of carbonyl (C=O) groups is 1. The number of aryl methyl sites for hydroxylation is 1. The summed E-state index contributed by atoms with van der Waals surface area (Å²) < 4.78 is 12.8. The predicted molar refractivity (Wildman–Crippen MR) is 79.3 cm³/mol. The van der Waals surface area contributed by atoms with Crippen LogP contribution in [-0.2, 0) is 0 Å². The van der Waals surface area contributed by atoms with Crippen molar-refractivity contribution in [2.24, 2.45) is 5.73 Å². The Bertz CT molecular complexity index is 715. The fourth-order valence-electron chi connectivity index (χ4n) is 1.68. The van der Waals surface area contributed by atoms with E-state index in [1.54, 1.807) is 6.07 Å². The van der Waals surface area contributed by atoms with Crippen LogP contribution in [0, 0.1) is 24.6 Å². The number of nitrogens with two attached hydrogens (primary N) is 1. The summed E-state index contributed by atoms with van der Waals surface area (Å²) in [6, 6.07) is 7.99. The zero-order valence-electron chi connectivity index (χ0n) is 11.5. The van der Waals surface area contributed by atoms with Gasteiger partial charge in [0.2, 0.25) is 0 Å². The van der Waals surface area contributed by atoms with Gasteiger partial charge in [-0.3, -0.25) is 4.79 Å². The standard InChI is InChI=1S/C16H14FN3O/c1-11-4-5-12(3-2-8-18)9-15(11)20-16(21)14-7-6-13(17)10-19-14/h4-7,9-10H,8,18H2,1H3,(H,20,21). The quantitative estimate of drug-likeness (QED) is 0.829. The van der Waals surface area contributed by atoms with Gasteiger partial charge >= 0.3 is 0 Å². The second-order valence-corrected chi connectivity index (χ2v) is 4.35. The number of benzene rings is 1. The summed E-state index contributed by atoms with van der Waals surface area (Å²) in [5.74, 6) is 4.77. The normalized spacial score (nSPS) is 9.67. The first-order valence-corrected chi connectivity index (χ1v) is 6.32. The number of hydrogen-bond donors (Lipinski definition) is 2. The van der Waals surface area contributed by atoms with E-state index >= 15 is 0 Å². The Balaban J connectivity index is 2.22. The Morgan fingerprint density at radius 2 is 2.19 bits per heavy atom. The van der Waals surface area contributed by atoms with E-state index in [9.17, 15) is 9.18 Å². The number of halogens is 1. The second kappa shape index (κ2) is 6.64. The molecule has 0 radical (unpaired) electrons. The molecule has 1 heterocycles. The summed E-state index contributed by atoms with van der Waals surface area (Å²) in [4.78, 5) is 15.8. The highest BCUT2D eigenvalue weighted by molar-refractivity contribution is 6.03. The summed E-state index contributed by atoms with van der Waals surface area (Å²) in [5, 5.41) is 2.74. The molecular weight excluding hydrogens is 269 g/mol. The van der Waals surface area contributed by atoms with E-state index in [0.29, 0.717) is 5.69 Å². The average Bonchev–Trinajstić information content (AvgIpc) is 2.48. The zero-order chi connectivity index (χ0) is 15.2. The molecule has 0 aliphatic rings. The van der Waals surface area contributed by atoms with Crippen LogP contribution in [0.2, 0.25) is 0 Å². The zero-order valence-corrected chi connectivity index (χ0v) is 11.5. The fraction of sp³-hybridized carbons (Fsp3) is 0.125. The number of carbonyl (C=O) groups excluding carboxylic acids is 1. The number of nitrogens with zero attached hydrogens (tertiary/aromatic N) is 1. The number of amides is 1. The van der Waals surface area contributed by atoms with E-state index in [4.69, 9.17) is 5.73 Å². The van der Waals surface area contributed by atoms with Crippen molar-refractivity contribution in [2.45, 2.75) is 6.92 Å². The van der Waals surface area contributed by atoms with E-state index in [2.05, 4.69) is 22.1 Å². The fourth-order valence-corrected chi connectivity index (χ4v) is 1.68. The van der Waals surface area contributed by atoms with Crippen molar-refractivity contribution in [1.29, 1.82) is 0 Å². The smallest absolute Gasteiger partial charge is 0.274 e. The van der Waals surface area contributed by atoms with Crippen molar-refractivity contribution >= 4 is 11.6 Å².